The lowest BCUT2D eigenvalue weighted by molar-refractivity contribution is -0.385. The van der Waals surface area contributed by atoms with Gasteiger partial charge in [0.05, 0.1) is 15.5 Å². The lowest BCUT2D eigenvalue weighted by Crippen LogP contribution is -2.38. The molecule has 184 valence electrons. The second kappa shape index (κ2) is 11.0. The first-order valence-electron chi connectivity index (χ1n) is 10.6. The second-order valence-corrected chi connectivity index (χ2v) is 7.60. The average Bonchev–Trinajstić information content (AvgIpc) is 2.88. The van der Waals surface area contributed by atoms with Crippen molar-refractivity contribution in [2.75, 3.05) is 18.0 Å². The molecule has 3 N–H and O–H groups in total. The maximum atomic E-state index is 13.5. The van der Waals surface area contributed by atoms with Crippen molar-refractivity contribution < 1.29 is 24.2 Å². The van der Waals surface area contributed by atoms with Crippen LogP contribution in [0.15, 0.2) is 66.7 Å². The van der Waals surface area contributed by atoms with Gasteiger partial charge in [0.25, 0.3) is 29.1 Å². The first-order chi connectivity index (χ1) is 17.1. The maximum Gasteiger partial charge on any atom is 0.269 e. The highest BCUT2D eigenvalue weighted by molar-refractivity contribution is 6.26. The molecule has 36 heavy (non-hydrogen) atoms. The molecule has 0 spiro atoms. The minimum absolute atomic E-state index is 0.0201. The van der Waals surface area contributed by atoms with Gasteiger partial charge < -0.3 is 11.1 Å². The van der Waals surface area contributed by atoms with Crippen molar-refractivity contribution in [1.82, 2.24) is 5.32 Å². The van der Waals surface area contributed by atoms with Gasteiger partial charge in [0.1, 0.15) is 0 Å². The summed E-state index contributed by atoms with van der Waals surface area (Å²) in [6, 6.07) is 13.8. The number of benzene rings is 3. The van der Waals surface area contributed by atoms with Crippen molar-refractivity contribution in [3.8, 4) is 0 Å². The quantitative estimate of drug-likeness (QED) is 0.274. The lowest BCUT2D eigenvalue weighted by atomic mass is 10.0. The van der Waals surface area contributed by atoms with Crippen LogP contribution in [-0.4, -0.2) is 40.7 Å². The van der Waals surface area contributed by atoms with Crippen LogP contribution in [0.2, 0.25) is 0 Å². The molecule has 12 heteroatoms. The molecule has 3 aromatic rings. The SMILES string of the molecule is Cc1ccc(C(=O)NCCN)cc1N(C(=O)c1ccc([N+](=O)[O-])cc1)C(=O)c1ccc([N+](=O)[O-])cc1. The molecule has 3 amide bonds. The van der Waals surface area contributed by atoms with Gasteiger partial charge in [-0.2, -0.15) is 0 Å². The van der Waals surface area contributed by atoms with E-state index in [1.165, 1.54) is 36.4 Å². The van der Waals surface area contributed by atoms with Gasteiger partial charge >= 0.3 is 0 Å². The van der Waals surface area contributed by atoms with E-state index in [4.69, 9.17) is 5.73 Å². The molecule has 0 aliphatic rings. The highest BCUT2D eigenvalue weighted by Gasteiger charge is 2.29. The van der Waals surface area contributed by atoms with Crippen LogP contribution in [0.5, 0.6) is 0 Å². The van der Waals surface area contributed by atoms with Gasteiger partial charge in [-0.05, 0) is 48.9 Å². The van der Waals surface area contributed by atoms with E-state index in [1.807, 2.05) is 0 Å². The molecule has 0 unspecified atom stereocenters. The van der Waals surface area contributed by atoms with Gasteiger partial charge in [-0.3, -0.25) is 34.6 Å². The van der Waals surface area contributed by atoms with Crippen LogP contribution in [0.4, 0.5) is 17.1 Å². The summed E-state index contributed by atoms with van der Waals surface area (Å²) < 4.78 is 0. The van der Waals surface area contributed by atoms with Crippen LogP contribution < -0.4 is 16.0 Å². The molecule has 12 nitrogen and oxygen atoms in total. The van der Waals surface area contributed by atoms with E-state index in [0.717, 1.165) is 29.2 Å². The predicted molar refractivity (Wildman–Crippen MR) is 130 cm³/mol. The number of rotatable bonds is 8. The normalized spacial score (nSPS) is 10.4. The number of nitro benzene ring substituents is 2. The van der Waals surface area contributed by atoms with Crippen LogP contribution in [0.25, 0.3) is 0 Å². The van der Waals surface area contributed by atoms with Gasteiger partial charge in [-0.15, -0.1) is 0 Å². The molecule has 0 aromatic heterocycles. The summed E-state index contributed by atoms with van der Waals surface area (Å²) in [4.78, 5) is 61.1. The molecular weight excluding hydrogens is 470 g/mol. The molecule has 0 atom stereocenters. The summed E-state index contributed by atoms with van der Waals surface area (Å²) >= 11 is 0. The van der Waals surface area contributed by atoms with Gasteiger partial charge in [0.15, 0.2) is 0 Å². The number of anilines is 1. The Morgan fingerprint density at radius 1 is 0.806 bits per heavy atom. The zero-order valence-electron chi connectivity index (χ0n) is 19.0. The number of nitro groups is 2. The number of amides is 3. The Morgan fingerprint density at radius 3 is 1.67 bits per heavy atom. The number of non-ortho nitro benzene ring substituents is 2. The number of nitrogens with zero attached hydrogens (tertiary/aromatic N) is 3. The Balaban J connectivity index is 2.11. The summed E-state index contributed by atoms with van der Waals surface area (Å²) in [5.74, 6) is -2.08. The summed E-state index contributed by atoms with van der Waals surface area (Å²) in [5, 5.41) is 24.6. The third kappa shape index (κ3) is 5.56. The molecule has 0 saturated heterocycles. The van der Waals surface area contributed by atoms with Gasteiger partial charge in [-0.25, -0.2) is 4.90 Å². The molecule has 0 aliphatic carbocycles. The zero-order chi connectivity index (χ0) is 26.4. The number of carbonyl (C=O) groups excluding carboxylic acids is 3. The van der Waals surface area contributed by atoms with Gasteiger partial charge in [-0.1, -0.05) is 6.07 Å². The highest BCUT2D eigenvalue weighted by Crippen LogP contribution is 2.27. The number of nitrogens with one attached hydrogen (secondary N) is 1. The van der Waals surface area contributed by atoms with Crippen LogP contribution >= 0.6 is 0 Å². The molecule has 0 fully saturated rings. The Kier molecular flexibility index (Phi) is 7.82. The van der Waals surface area contributed by atoms with Crippen molar-refractivity contribution >= 4 is 34.8 Å². The summed E-state index contributed by atoms with van der Waals surface area (Å²) in [6.45, 7) is 2.07. The third-order valence-corrected chi connectivity index (χ3v) is 5.20. The Hall–Kier alpha value is -4.97. The van der Waals surface area contributed by atoms with E-state index in [1.54, 1.807) is 13.0 Å². The Morgan fingerprint density at radius 2 is 1.25 bits per heavy atom. The minimum Gasteiger partial charge on any atom is -0.351 e. The average molecular weight is 491 g/mol. The molecule has 0 saturated carbocycles. The van der Waals surface area contributed by atoms with E-state index in [0.29, 0.717) is 5.56 Å². The van der Waals surface area contributed by atoms with E-state index < -0.39 is 27.6 Å². The Labute approximate surface area is 204 Å². The number of hydrogen-bond donors (Lipinski definition) is 2. The largest absolute Gasteiger partial charge is 0.351 e. The minimum atomic E-state index is -0.809. The van der Waals surface area contributed by atoms with E-state index in [2.05, 4.69) is 5.32 Å². The fourth-order valence-corrected chi connectivity index (χ4v) is 3.30. The zero-order valence-corrected chi connectivity index (χ0v) is 19.0. The number of carbonyl (C=O) groups is 3. The topological polar surface area (TPSA) is 179 Å². The fourth-order valence-electron chi connectivity index (χ4n) is 3.30. The Bertz CT molecular complexity index is 1270. The maximum absolute atomic E-state index is 13.5. The van der Waals surface area contributed by atoms with E-state index in [-0.39, 0.29) is 46.8 Å². The lowest BCUT2D eigenvalue weighted by Gasteiger charge is -2.23. The van der Waals surface area contributed by atoms with Gasteiger partial charge in [0, 0.05) is 54.0 Å². The smallest absolute Gasteiger partial charge is 0.269 e. The summed E-state index contributed by atoms with van der Waals surface area (Å²) in [5.41, 5.74) is 5.65. The molecule has 0 aliphatic heterocycles. The molecule has 0 heterocycles. The second-order valence-electron chi connectivity index (χ2n) is 7.60. The number of imide groups is 1. The monoisotopic (exact) mass is 491 g/mol. The van der Waals surface area contributed by atoms with Crippen molar-refractivity contribution in [2.24, 2.45) is 5.73 Å². The molecule has 0 radical (unpaired) electrons. The molecule has 3 aromatic carbocycles. The van der Waals surface area contributed by atoms with Crippen LogP contribution in [0.3, 0.4) is 0 Å². The number of hydrogen-bond acceptors (Lipinski definition) is 8. The standard InChI is InChI=1S/C24H21N5O7/c1-15-2-3-18(22(30)26-13-12-25)14-21(15)27(23(31)16-4-8-19(9-5-16)28(33)34)24(32)17-6-10-20(11-7-17)29(35)36/h2-11,14H,12-13,25H2,1H3,(H,26,30). The summed E-state index contributed by atoms with van der Waals surface area (Å²) in [7, 11) is 0. The van der Waals surface area contributed by atoms with Crippen molar-refractivity contribution in [3.63, 3.8) is 0 Å². The molecule has 3 rings (SSSR count). The predicted octanol–water partition coefficient (Wildman–Crippen LogP) is 2.99. The molecule has 0 bridgehead atoms. The van der Waals surface area contributed by atoms with Crippen LogP contribution in [0.1, 0.15) is 36.6 Å². The number of aryl methyl sites for hydroxylation is 1. The van der Waals surface area contributed by atoms with Gasteiger partial charge in [0.2, 0.25) is 0 Å². The van der Waals surface area contributed by atoms with E-state index in [9.17, 15) is 34.6 Å². The first-order valence-corrected chi connectivity index (χ1v) is 10.6. The van der Waals surface area contributed by atoms with Crippen molar-refractivity contribution in [1.29, 1.82) is 0 Å². The fraction of sp³-hybridized carbons (Fsp3) is 0.125. The van der Waals surface area contributed by atoms with Crippen LogP contribution in [0, 0.1) is 27.2 Å². The number of nitrogens with two attached hydrogens (primary N) is 1. The van der Waals surface area contributed by atoms with Crippen molar-refractivity contribution in [3.05, 3.63) is 109 Å². The van der Waals surface area contributed by atoms with E-state index >= 15 is 0 Å². The highest BCUT2D eigenvalue weighted by atomic mass is 16.6. The first kappa shape index (κ1) is 25.6. The van der Waals surface area contributed by atoms with Crippen molar-refractivity contribution in [2.45, 2.75) is 6.92 Å². The third-order valence-electron chi connectivity index (χ3n) is 5.20. The molecular formula is C24H21N5O7. The summed E-state index contributed by atoms with van der Waals surface area (Å²) in [6.07, 6.45) is 0. The van der Waals surface area contributed by atoms with Crippen LogP contribution in [-0.2, 0) is 0 Å².